The van der Waals surface area contributed by atoms with Crippen LogP contribution in [0.15, 0.2) is 0 Å². The van der Waals surface area contributed by atoms with E-state index in [0.717, 1.165) is 26.1 Å². The van der Waals surface area contributed by atoms with Crippen molar-refractivity contribution in [3.8, 4) is 0 Å². The van der Waals surface area contributed by atoms with Crippen molar-refractivity contribution in [1.29, 1.82) is 0 Å². The molecule has 0 spiro atoms. The van der Waals surface area contributed by atoms with Gasteiger partial charge in [-0.05, 0) is 13.3 Å². The zero-order valence-electron chi connectivity index (χ0n) is 9.96. The molecule has 2 unspecified atom stereocenters. The monoisotopic (exact) mass is 231 g/mol. The van der Waals surface area contributed by atoms with E-state index in [1.807, 2.05) is 6.92 Å². The molecule has 0 radical (unpaired) electrons. The number of hydrogen-bond donors (Lipinski definition) is 1. The van der Waals surface area contributed by atoms with Crippen LogP contribution in [0.4, 0.5) is 0 Å². The van der Waals surface area contributed by atoms with Crippen LogP contribution in [0.2, 0.25) is 0 Å². The lowest BCUT2D eigenvalue weighted by Crippen LogP contribution is -2.57. The molecule has 2 rings (SSSR count). The molecular formula is C11H21NO4. The van der Waals surface area contributed by atoms with E-state index in [1.165, 1.54) is 0 Å². The van der Waals surface area contributed by atoms with Crippen molar-refractivity contribution < 1.29 is 19.3 Å². The SMILES string of the molecule is CO[C@@H]1CN([C@H]2CCOC(C)C2O)CCO1. The van der Waals surface area contributed by atoms with Crippen LogP contribution in [-0.2, 0) is 14.2 Å². The van der Waals surface area contributed by atoms with Gasteiger partial charge in [-0.25, -0.2) is 0 Å². The van der Waals surface area contributed by atoms with Crippen LogP contribution < -0.4 is 0 Å². The molecule has 2 fully saturated rings. The van der Waals surface area contributed by atoms with Crippen molar-refractivity contribution in [3.63, 3.8) is 0 Å². The molecule has 2 aliphatic rings. The van der Waals surface area contributed by atoms with Gasteiger partial charge in [-0.15, -0.1) is 0 Å². The molecule has 0 aromatic heterocycles. The average Bonchev–Trinajstić information content (AvgIpc) is 2.33. The van der Waals surface area contributed by atoms with E-state index in [4.69, 9.17) is 14.2 Å². The fraction of sp³-hybridized carbons (Fsp3) is 1.00. The third-order valence-electron chi connectivity index (χ3n) is 3.47. The largest absolute Gasteiger partial charge is 0.389 e. The van der Waals surface area contributed by atoms with E-state index in [-0.39, 0.29) is 18.4 Å². The third-order valence-corrected chi connectivity index (χ3v) is 3.47. The first-order valence-electron chi connectivity index (χ1n) is 5.90. The Bertz CT molecular complexity index is 226. The zero-order chi connectivity index (χ0) is 11.5. The Labute approximate surface area is 96.3 Å². The van der Waals surface area contributed by atoms with Gasteiger partial charge in [0.05, 0.1) is 18.8 Å². The second-order valence-electron chi connectivity index (χ2n) is 4.45. The van der Waals surface area contributed by atoms with Gasteiger partial charge in [-0.3, -0.25) is 4.90 Å². The summed E-state index contributed by atoms with van der Waals surface area (Å²) in [6.07, 6.45) is 0.216. The second-order valence-corrected chi connectivity index (χ2v) is 4.45. The first-order chi connectivity index (χ1) is 7.72. The van der Waals surface area contributed by atoms with Gasteiger partial charge >= 0.3 is 0 Å². The Kier molecular flexibility index (Phi) is 4.16. The number of aliphatic hydroxyl groups is 1. The van der Waals surface area contributed by atoms with Gasteiger partial charge in [0.2, 0.25) is 0 Å². The summed E-state index contributed by atoms with van der Waals surface area (Å²) in [5.74, 6) is 0. The molecule has 2 aliphatic heterocycles. The van der Waals surface area contributed by atoms with Gasteiger partial charge < -0.3 is 19.3 Å². The molecule has 0 aromatic rings. The Morgan fingerprint density at radius 1 is 1.31 bits per heavy atom. The lowest BCUT2D eigenvalue weighted by atomic mass is 9.98. The molecule has 16 heavy (non-hydrogen) atoms. The first kappa shape index (κ1) is 12.3. The van der Waals surface area contributed by atoms with Crippen LogP contribution in [0.25, 0.3) is 0 Å². The number of rotatable bonds is 2. The summed E-state index contributed by atoms with van der Waals surface area (Å²) in [6, 6.07) is 0.172. The Morgan fingerprint density at radius 3 is 2.88 bits per heavy atom. The smallest absolute Gasteiger partial charge is 0.169 e. The van der Waals surface area contributed by atoms with Crippen LogP contribution in [0.3, 0.4) is 0 Å². The summed E-state index contributed by atoms with van der Waals surface area (Å²) in [5, 5.41) is 10.1. The van der Waals surface area contributed by atoms with Gasteiger partial charge in [0.25, 0.3) is 0 Å². The standard InChI is InChI=1S/C11H21NO4/c1-8-11(13)9(3-5-15-8)12-4-6-16-10(7-12)14-2/h8-11,13H,3-7H2,1-2H3/t8?,9-,10-,11?/m0/s1. The van der Waals surface area contributed by atoms with Crippen molar-refractivity contribution in [2.24, 2.45) is 0 Å². The van der Waals surface area contributed by atoms with Crippen molar-refractivity contribution in [3.05, 3.63) is 0 Å². The number of nitrogens with zero attached hydrogens (tertiary/aromatic N) is 1. The minimum absolute atomic E-state index is 0.0809. The molecule has 94 valence electrons. The van der Waals surface area contributed by atoms with Crippen molar-refractivity contribution >= 4 is 0 Å². The summed E-state index contributed by atoms with van der Waals surface area (Å²) in [7, 11) is 1.65. The summed E-state index contributed by atoms with van der Waals surface area (Å²) in [4.78, 5) is 2.25. The zero-order valence-corrected chi connectivity index (χ0v) is 9.96. The summed E-state index contributed by atoms with van der Waals surface area (Å²) >= 11 is 0. The van der Waals surface area contributed by atoms with Crippen LogP contribution in [0, 0.1) is 0 Å². The van der Waals surface area contributed by atoms with Crippen molar-refractivity contribution in [1.82, 2.24) is 4.90 Å². The van der Waals surface area contributed by atoms with Crippen molar-refractivity contribution in [2.75, 3.05) is 33.4 Å². The van der Waals surface area contributed by atoms with Crippen LogP contribution in [0.5, 0.6) is 0 Å². The van der Waals surface area contributed by atoms with Gasteiger partial charge in [-0.2, -0.15) is 0 Å². The molecule has 2 saturated heterocycles. The lowest BCUT2D eigenvalue weighted by Gasteiger charge is -2.43. The second kappa shape index (κ2) is 5.42. The number of ether oxygens (including phenoxy) is 3. The molecule has 0 amide bonds. The number of aliphatic hydroxyl groups excluding tert-OH is 1. The van der Waals surface area contributed by atoms with E-state index in [0.29, 0.717) is 6.61 Å². The molecule has 5 heteroatoms. The van der Waals surface area contributed by atoms with Gasteiger partial charge in [0.15, 0.2) is 6.29 Å². The highest BCUT2D eigenvalue weighted by atomic mass is 16.7. The summed E-state index contributed by atoms with van der Waals surface area (Å²) in [6.45, 7) is 4.89. The van der Waals surface area contributed by atoms with Crippen molar-refractivity contribution in [2.45, 2.75) is 37.9 Å². The minimum atomic E-state index is -0.413. The minimum Gasteiger partial charge on any atom is -0.389 e. The molecule has 1 N–H and O–H groups in total. The van der Waals surface area contributed by atoms with E-state index < -0.39 is 6.10 Å². The van der Waals surface area contributed by atoms with Gasteiger partial charge in [0, 0.05) is 32.8 Å². The Morgan fingerprint density at radius 2 is 2.12 bits per heavy atom. The van der Waals surface area contributed by atoms with E-state index in [9.17, 15) is 5.11 Å². The fourth-order valence-corrected chi connectivity index (χ4v) is 2.44. The van der Waals surface area contributed by atoms with Crippen LogP contribution >= 0.6 is 0 Å². The quantitative estimate of drug-likeness (QED) is 0.715. The highest BCUT2D eigenvalue weighted by Crippen LogP contribution is 2.22. The maximum Gasteiger partial charge on any atom is 0.169 e. The fourth-order valence-electron chi connectivity index (χ4n) is 2.44. The predicted octanol–water partition coefficient (Wildman–Crippen LogP) is -0.171. The molecule has 0 bridgehead atoms. The Balaban J connectivity index is 1.94. The molecular weight excluding hydrogens is 210 g/mol. The Hall–Kier alpha value is -0.200. The lowest BCUT2D eigenvalue weighted by molar-refractivity contribution is -0.190. The molecule has 0 aliphatic carbocycles. The van der Waals surface area contributed by atoms with Gasteiger partial charge in [0.1, 0.15) is 0 Å². The highest BCUT2D eigenvalue weighted by Gasteiger charge is 2.36. The topological polar surface area (TPSA) is 51.2 Å². The maximum atomic E-state index is 10.1. The third kappa shape index (κ3) is 2.55. The first-order valence-corrected chi connectivity index (χ1v) is 5.90. The molecule has 0 aromatic carbocycles. The molecule has 5 nitrogen and oxygen atoms in total. The van der Waals surface area contributed by atoms with Gasteiger partial charge in [-0.1, -0.05) is 0 Å². The number of methoxy groups -OCH3 is 1. The summed E-state index contributed by atoms with van der Waals surface area (Å²) in [5.41, 5.74) is 0. The number of hydrogen-bond acceptors (Lipinski definition) is 5. The predicted molar refractivity (Wildman–Crippen MR) is 58.1 cm³/mol. The number of morpholine rings is 1. The van der Waals surface area contributed by atoms with E-state index >= 15 is 0 Å². The van der Waals surface area contributed by atoms with Crippen LogP contribution in [0.1, 0.15) is 13.3 Å². The highest BCUT2D eigenvalue weighted by molar-refractivity contribution is 4.87. The normalized spacial score (nSPS) is 42.2. The molecule has 2 heterocycles. The molecule has 0 saturated carbocycles. The maximum absolute atomic E-state index is 10.1. The van der Waals surface area contributed by atoms with Crippen LogP contribution in [-0.4, -0.2) is 68.0 Å². The molecule has 4 atom stereocenters. The summed E-state index contributed by atoms with van der Waals surface area (Å²) < 4.78 is 16.1. The average molecular weight is 231 g/mol. The van der Waals surface area contributed by atoms with E-state index in [1.54, 1.807) is 7.11 Å². The van der Waals surface area contributed by atoms with E-state index in [2.05, 4.69) is 4.90 Å².